The zero-order valence-electron chi connectivity index (χ0n) is 12.6. The predicted molar refractivity (Wildman–Crippen MR) is 83.2 cm³/mol. The van der Waals surface area contributed by atoms with E-state index in [0.29, 0.717) is 6.04 Å². The molecule has 1 saturated heterocycles. The van der Waals surface area contributed by atoms with E-state index in [0.717, 1.165) is 32.7 Å². The summed E-state index contributed by atoms with van der Waals surface area (Å²) in [6, 6.07) is 11.0. The molecule has 1 aromatic heterocycles. The molecular weight excluding hydrogens is 262 g/mol. The van der Waals surface area contributed by atoms with Crippen LogP contribution < -0.4 is 0 Å². The second-order valence-electron chi connectivity index (χ2n) is 5.68. The Morgan fingerprint density at radius 3 is 2.95 bits per heavy atom. The van der Waals surface area contributed by atoms with Crippen molar-refractivity contribution in [2.24, 2.45) is 0 Å². The third-order valence-electron chi connectivity index (χ3n) is 4.19. The molecule has 1 N–H and O–H groups in total. The molecule has 1 aliphatic heterocycles. The summed E-state index contributed by atoms with van der Waals surface area (Å²) < 4.78 is 5.67. The molecular formula is C17H23N3O. The van der Waals surface area contributed by atoms with E-state index in [-0.39, 0.29) is 0 Å². The number of morpholine rings is 1. The lowest BCUT2D eigenvalue weighted by atomic mass is 10.1. The fourth-order valence-corrected chi connectivity index (χ4v) is 3.00. The van der Waals surface area contributed by atoms with Crippen molar-refractivity contribution in [1.29, 1.82) is 0 Å². The highest BCUT2D eigenvalue weighted by Crippen LogP contribution is 2.25. The van der Waals surface area contributed by atoms with Gasteiger partial charge in [0.2, 0.25) is 0 Å². The van der Waals surface area contributed by atoms with Crippen LogP contribution in [0, 0.1) is 6.92 Å². The number of H-pyrrole nitrogens is 1. The van der Waals surface area contributed by atoms with E-state index < -0.39 is 0 Å². The second-order valence-corrected chi connectivity index (χ2v) is 5.68. The highest BCUT2D eigenvalue weighted by Gasteiger charge is 2.26. The molecule has 0 saturated carbocycles. The number of aryl methyl sites for hydroxylation is 2. The molecule has 0 spiro atoms. The maximum atomic E-state index is 5.67. The molecule has 4 nitrogen and oxygen atoms in total. The van der Waals surface area contributed by atoms with Crippen molar-refractivity contribution >= 4 is 0 Å². The summed E-state index contributed by atoms with van der Waals surface area (Å²) in [5, 5.41) is 7.29. The monoisotopic (exact) mass is 285 g/mol. The number of aromatic amines is 1. The van der Waals surface area contributed by atoms with Crippen molar-refractivity contribution in [3.63, 3.8) is 0 Å². The third kappa shape index (κ3) is 3.52. The van der Waals surface area contributed by atoms with Crippen LogP contribution in [0.2, 0.25) is 0 Å². The Kier molecular flexibility index (Phi) is 4.68. The first-order valence-corrected chi connectivity index (χ1v) is 7.70. The zero-order chi connectivity index (χ0) is 14.5. The second kappa shape index (κ2) is 6.87. The van der Waals surface area contributed by atoms with E-state index in [1.807, 2.05) is 6.20 Å². The third-order valence-corrected chi connectivity index (χ3v) is 4.19. The highest BCUT2D eigenvalue weighted by molar-refractivity contribution is 5.19. The molecule has 0 amide bonds. The predicted octanol–water partition coefficient (Wildman–Crippen LogP) is 2.72. The van der Waals surface area contributed by atoms with Crippen molar-refractivity contribution in [3.8, 4) is 0 Å². The number of nitrogens with one attached hydrogen (secondary N) is 1. The lowest BCUT2D eigenvalue weighted by Gasteiger charge is -2.35. The smallest absolute Gasteiger partial charge is 0.0755 e. The van der Waals surface area contributed by atoms with Crippen molar-refractivity contribution in [2.45, 2.75) is 25.8 Å². The number of aromatic nitrogens is 2. The molecule has 0 bridgehead atoms. The minimum atomic E-state index is 0.317. The number of nitrogens with zero attached hydrogens (tertiary/aromatic N) is 2. The summed E-state index contributed by atoms with van der Waals surface area (Å²) in [6.07, 6.45) is 4.20. The minimum absolute atomic E-state index is 0.317. The Morgan fingerprint density at radius 2 is 2.19 bits per heavy atom. The summed E-state index contributed by atoms with van der Waals surface area (Å²) in [5.74, 6) is 0. The summed E-state index contributed by atoms with van der Waals surface area (Å²) in [4.78, 5) is 2.52. The van der Waals surface area contributed by atoms with Crippen molar-refractivity contribution < 1.29 is 4.74 Å². The van der Waals surface area contributed by atoms with E-state index in [2.05, 4.69) is 52.4 Å². The molecule has 21 heavy (non-hydrogen) atoms. The van der Waals surface area contributed by atoms with Gasteiger partial charge in [-0.2, -0.15) is 5.10 Å². The van der Waals surface area contributed by atoms with Gasteiger partial charge in [-0.15, -0.1) is 0 Å². The van der Waals surface area contributed by atoms with Gasteiger partial charge >= 0.3 is 0 Å². The Bertz CT molecular complexity index is 552. The van der Waals surface area contributed by atoms with E-state index in [9.17, 15) is 0 Å². The van der Waals surface area contributed by atoms with Gasteiger partial charge in [-0.3, -0.25) is 10.00 Å². The Labute approximate surface area is 126 Å². The van der Waals surface area contributed by atoms with Gasteiger partial charge in [-0.25, -0.2) is 0 Å². The fourth-order valence-electron chi connectivity index (χ4n) is 3.00. The highest BCUT2D eigenvalue weighted by atomic mass is 16.5. The van der Waals surface area contributed by atoms with Gasteiger partial charge in [-0.1, -0.05) is 30.3 Å². The molecule has 0 radical (unpaired) electrons. The van der Waals surface area contributed by atoms with Gasteiger partial charge in [0.15, 0.2) is 0 Å². The van der Waals surface area contributed by atoms with E-state index >= 15 is 0 Å². The van der Waals surface area contributed by atoms with E-state index in [1.54, 1.807) is 0 Å². The molecule has 1 atom stereocenters. The molecule has 4 heteroatoms. The Balaban J connectivity index is 1.59. The fraction of sp³-hybridized carbons (Fsp3) is 0.471. The number of hydrogen-bond donors (Lipinski definition) is 1. The SMILES string of the molecule is Cc1cn[nH]c1[C@@H]1COCCN1CCCc1ccccc1. The van der Waals surface area contributed by atoms with E-state index in [1.165, 1.54) is 23.2 Å². The Hall–Kier alpha value is -1.65. The zero-order valence-corrected chi connectivity index (χ0v) is 12.6. The topological polar surface area (TPSA) is 41.1 Å². The van der Waals surface area contributed by atoms with Crippen molar-refractivity contribution in [2.75, 3.05) is 26.3 Å². The van der Waals surface area contributed by atoms with Crippen LogP contribution in [-0.4, -0.2) is 41.4 Å². The molecule has 0 unspecified atom stereocenters. The average molecular weight is 285 g/mol. The first-order valence-electron chi connectivity index (χ1n) is 7.70. The number of rotatable bonds is 5. The number of benzene rings is 1. The van der Waals surface area contributed by atoms with Gasteiger partial charge < -0.3 is 4.74 Å². The molecule has 1 fully saturated rings. The Morgan fingerprint density at radius 1 is 1.33 bits per heavy atom. The average Bonchev–Trinajstić information content (AvgIpc) is 2.95. The van der Waals surface area contributed by atoms with Crippen LogP contribution in [-0.2, 0) is 11.2 Å². The summed E-state index contributed by atoms with van der Waals surface area (Å²) in [6.45, 7) is 5.79. The maximum Gasteiger partial charge on any atom is 0.0755 e. The molecule has 0 aliphatic carbocycles. The van der Waals surface area contributed by atoms with Crippen molar-refractivity contribution in [3.05, 3.63) is 53.3 Å². The van der Waals surface area contributed by atoms with E-state index in [4.69, 9.17) is 4.74 Å². The number of ether oxygens (including phenoxy) is 1. The van der Waals surface area contributed by atoms with Gasteiger partial charge in [0.1, 0.15) is 0 Å². The number of hydrogen-bond acceptors (Lipinski definition) is 3. The largest absolute Gasteiger partial charge is 0.378 e. The van der Waals surface area contributed by atoms with Crippen molar-refractivity contribution in [1.82, 2.24) is 15.1 Å². The van der Waals surface area contributed by atoms with Crippen LogP contribution in [0.3, 0.4) is 0 Å². The standard InChI is InChI=1S/C17H23N3O/c1-14-12-18-19-17(14)16-13-21-11-10-20(16)9-5-8-15-6-3-2-4-7-15/h2-4,6-7,12,16H,5,8-11,13H2,1H3,(H,18,19)/t16-/m0/s1. The van der Waals surface area contributed by atoms with Crippen LogP contribution in [0.1, 0.15) is 29.3 Å². The summed E-state index contributed by atoms with van der Waals surface area (Å²) >= 11 is 0. The van der Waals surface area contributed by atoms with Crippen LogP contribution >= 0.6 is 0 Å². The van der Waals surface area contributed by atoms with Crippen LogP contribution in [0.5, 0.6) is 0 Å². The van der Waals surface area contributed by atoms with Crippen LogP contribution in [0.15, 0.2) is 36.5 Å². The molecule has 2 heterocycles. The first-order chi connectivity index (χ1) is 10.3. The van der Waals surface area contributed by atoms with Gasteiger partial charge in [0.25, 0.3) is 0 Å². The lowest BCUT2D eigenvalue weighted by molar-refractivity contribution is -0.0106. The molecule has 2 aromatic rings. The first kappa shape index (κ1) is 14.3. The van der Waals surface area contributed by atoms with Crippen LogP contribution in [0.25, 0.3) is 0 Å². The minimum Gasteiger partial charge on any atom is -0.378 e. The normalized spacial score (nSPS) is 19.8. The lowest BCUT2D eigenvalue weighted by Crippen LogP contribution is -2.40. The molecule has 1 aromatic carbocycles. The molecule has 112 valence electrons. The van der Waals surface area contributed by atoms with Crippen LogP contribution in [0.4, 0.5) is 0 Å². The summed E-state index contributed by atoms with van der Waals surface area (Å²) in [5.41, 5.74) is 3.84. The summed E-state index contributed by atoms with van der Waals surface area (Å²) in [7, 11) is 0. The van der Waals surface area contributed by atoms with Gasteiger partial charge in [0.05, 0.1) is 31.1 Å². The van der Waals surface area contributed by atoms with Gasteiger partial charge in [-0.05, 0) is 37.4 Å². The molecule has 1 aliphatic rings. The van der Waals surface area contributed by atoms with Gasteiger partial charge in [0, 0.05) is 6.54 Å². The maximum absolute atomic E-state index is 5.67. The quantitative estimate of drug-likeness (QED) is 0.918. The molecule has 3 rings (SSSR count).